The van der Waals surface area contributed by atoms with Gasteiger partial charge in [0.15, 0.2) is 0 Å². The molecule has 0 amide bonds. The van der Waals surface area contributed by atoms with Crippen LogP contribution in [0.15, 0.2) is 30.3 Å². The van der Waals surface area contributed by atoms with Crippen LogP contribution in [0.1, 0.15) is 0 Å². The van der Waals surface area contributed by atoms with Crippen LogP contribution in [-0.4, -0.2) is 24.8 Å². The lowest BCUT2D eigenvalue weighted by molar-refractivity contribution is -0.156. The van der Waals surface area contributed by atoms with Gasteiger partial charge in [-0.25, -0.2) is 14.4 Å². The summed E-state index contributed by atoms with van der Waals surface area (Å²) >= 11 is 0. The standard InChI is InChI=1S/C6H7O5P.H3O4P/c7-11-12(8,9)10-6-4-2-1-3-5-6;1-5(2,3)4/h1-5,7H,(H,8,9);(H3,1,2,3,4). The first-order chi connectivity index (χ1) is 7.64. The highest BCUT2D eigenvalue weighted by Gasteiger charge is 2.22. The average Bonchev–Trinajstić information content (AvgIpc) is 2.16. The van der Waals surface area contributed by atoms with Crippen LogP contribution in [0.3, 0.4) is 0 Å². The zero-order valence-electron chi connectivity index (χ0n) is 8.15. The fourth-order valence-corrected chi connectivity index (χ4v) is 1.05. The molecular weight excluding hydrogens is 278 g/mol. The summed E-state index contributed by atoms with van der Waals surface area (Å²) < 4.78 is 27.1. The summed E-state index contributed by atoms with van der Waals surface area (Å²) in [6, 6.07) is 7.87. The lowest BCUT2D eigenvalue weighted by Crippen LogP contribution is -1.93. The predicted octanol–water partition coefficient (Wildman–Crippen LogP) is 0.727. The minimum absolute atomic E-state index is 0.150. The van der Waals surface area contributed by atoms with E-state index in [1.807, 2.05) is 0 Å². The fourth-order valence-electron chi connectivity index (χ4n) is 0.631. The zero-order valence-corrected chi connectivity index (χ0v) is 9.94. The Morgan fingerprint density at radius 3 is 1.71 bits per heavy atom. The molecule has 0 aliphatic carbocycles. The number of phosphoric ester groups is 1. The maximum atomic E-state index is 10.6. The molecule has 9 nitrogen and oxygen atoms in total. The number of rotatable bonds is 3. The largest absolute Gasteiger partial charge is 0.555 e. The Hall–Kier alpha value is -0.760. The van der Waals surface area contributed by atoms with Crippen molar-refractivity contribution in [1.82, 2.24) is 0 Å². The Kier molecular flexibility index (Phi) is 6.54. The molecule has 0 fully saturated rings. The summed E-state index contributed by atoms with van der Waals surface area (Å²) in [7, 11) is -8.98. The monoisotopic (exact) mass is 288 g/mol. The minimum atomic E-state index is -4.64. The molecule has 0 spiro atoms. The normalized spacial score (nSPS) is 14.2. The van der Waals surface area contributed by atoms with E-state index in [0.29, 0.717) is 0 Å². The van der Waals surface area contributed by atoms with Crippen LogP contribution in [0.2, 0.25) is 0 Å². The van der Waals surface area contributed by atoms with Crippen molar-refractivity contribution in [3.8, 4) is 5.75 Å². The fraction of sp³-hybridized carbons (Fsp3) is 0. The van der Waals surface area contributed by atoms with E-state index in [9.17, 15) is 4.57 Å². The van der Waals surface area contributed by atoms with Crippen molar-refractivity contribution >= 4 is 15.6 Å². The maximum Gasteiger partial charge on any atom is 0.555 e. The SMILES string of the molecule is O=P(O)(O)O.O=P(O)(OO)Oc1ccccc1. The van der Waals surface area contributed by atoms with Crippen LogP contribution in [0.4, 0.5) is 0 Å². The lowest BCUT2D eigenvalue weighted by Gasteiger charge is -2.07. The molecule has 1 rings (SSSR count). The summed E-state index contributed by atoms with van der Waals surface area (Å²) in [6.07, 6.45) is 0. The first-order valence-corrected chi connectivity index (χ1v) is 6.89. The van der Waals surface area contributed by atoms with E-state index in [4.69, 9.17) is 29.4 Å². The second-order valence-electron chi connectivity index (χ2n) is 2.47. The zero-order chi connectivity index (χ0) is 13.5. The first kappa shape index (κ1) is 16.2. The number of hydrogen-bond acceptors (Lipinski definition) is 5. The average molecular weight is 288 g/mol. The predicted molar refractivity (Wildman–Crippen MR) is 54.9 cm³/mol. The summed E-state index contributed by atoms with van der Waals surface area (Å²) in [5, 5.41) is 7.92. The van der Waals surface area contributed by atoms with Gasteiger partial charge >= 0.3 is 15.6 Å². The van der Waals surface area contributed by atoms with Crippen LogP contribution in [0, 0.1) is 0 Å². The first-order valence-electron chi connectivity index (χ1n) is 3.83. The van der Waals surface area contributed by atoms with Gasteiger partial charge in [0, 0.05) is 0 Å². The van der Waals surface area contributed by atoms with Crippen molar-refractivity contribution in [2.75, 3.05) is 0 Å². The molecule has 0 aliphatic rings. The van der Waals surface area contributed by atoms with Crippen LogP contribution < -0.4 is 4.52 Å². The molecule has 0 radical (unpaired) electrons. The molecule has 98 valence electrons. The highest BCUT2D eigenvalue weighted by atomic mass is 31.2. The van der Waals surface area contributed by atoms with E-state index in [-0.39, 0.29) is 5.75 Å². The van der Waals surface area contributed by atoms with Gasteiger partial charge in [-0.1, -0.05) is 18.2 Å². The summed E-state index contributed by atoms with van der Waals surface area (Å²) in [5.41, 5.74) is 0. The molecule has 1 aromatic carbocycles. The molecule has 0 aromatic heterocycles. The van der Waals surface area contributed by atoms with Crippen molar-refractivity contribution in [2.24, 2.45) is 0 Å². The van der Waals surface area contributed by atoms with Gasteiger partial charge in [-0.3, -0.25) is 4.89 Å². The van der Waals surface area contributed by atoms with E-state index in [1.165, 1.54) is 12.1 Å². The molecule has 0 saturated carbocycles. The Morgan fingerprint density at radius 1 is 0.941 bits per heavy atom. The van der Waals surface area contributed by atoms with Gasteiger partial charge in [0.1, 0.15) is 5.75 Å². The topological polar surface area (TPSA) is 154 Å². The van der Waals surface area contributed by atoms with Gasteiger partial charge in [0.2, 0.25) is 0 Å². The number of benzene rings is 1. The molecule has 1 atom stereocenters. The van der Waals surface area contributed by atoms with Gasteiger partial charge < -0.3 is 19.2 Å². The second kappa shape index (κ2) is 6.85. The Balaban J connectivity index is 0.000000437. The van der Waals surface area contributed by atoms with Crippen LogP contribution in [-0.2, 0) is 13.8 Å². The van der Waals surface area contributed by atoms with Gasteiger partial charge in [-0.2, -0.15) is 0 Å². The molecule has 11 heteroatoms. The van der Waals surface area contributed by atoms with Gasteiger partial charge in [0.25, 0.3) is 0 Å². The van der Waals surface area contributed by atoms with Crippen LogP contribution >= 0.6 is 15.6 Å². The van der Waals surface area contributed by atoms with Crippen molar-refractivity contribution in [3.05, 3.63) is 30.3 Å². The third kappa shape index (κ3) is 11.5. The Labute approximate surface area is 95.7 Å². The molecule has 1 aromatic rings. The molecule has 17 heavy (non-hydrogen) atoms. The quantitative estimate of drug-likeness (QED) is 0.307. The highest BCUT2D eigenvalue weighted by molar-refractivity contribution is 7.47. The maximum absolute atomic E-state index is 10.6. The molecule has 5 N–H and O–H groups in total. The minimum Gasteiger partial charge on any atom is -0.403 e. The molecule has 0 saturated heterocycles. The number of phosphoric acid groups is 2. The third-order valence-electron chi connectivity index (χ3n) is 1.07. The van der Waals surface area contributed by atoms with Gasteiger partial charge in [-0.15, -0.1) is 4.67 Å². The van der Waals surface area contributed by atoms with Crippen molar-refractivity contribution in [3.63, 3.8) is 0 Å². The van der Waals surface area contributed by atoms with E-state index in [2.05, 4.69) is 9.20 Å². The molecule has 0 heterocycles. The summed E-state index contributed by atoms with van der Waals surface area (Å²) in [4.78, 5) is 30.2. The van der Waals surface area contributed by atoms with E-state index in [1.54, 1.807) is 18.2 Å². The smallest absolute Gasteiger partial charge is 0.403 e. The second-order valence-corrected chi connectivity index (χ2v) is 4.78. The van der Waals surface area contributed by atoms with E-state index >= 15 is 0 Å². The molecule has 1 unspecified atom stereocenters. The molecule has 0 bridgehead atoms. The lowest BCUT2D eigenvalue weighted by atomic mass is 10.3. The Morgan fingerprint density at radius 2 is 1.35 bits per heavy atom. The van der Waals surface area contributed by atoms with Crippen LogP contribution in [0.25, 0.3) is 0 Å². The third-order valence-corrected chi connectivity index (χ3v) is 1.72. The number of hydrogen-bond donors (Lipinski definition) is 5. The molecular formula is C6H10O9P2. The number of para-hydroxylation sites is 1. The Bertz CT molecular complexity index is 404. The van der Waals surface area contributed by atoms with Crippen molar-refractivity contribution in [1.29, 1.82) is 0 Å². The highest BCUT2D eigenvalue weighted by Crippen LogP contribution is 2.42. The van der Waals surface area contributed by atoms with Crippen LogP contribution in [0.5, 0.6) is 5.75 Å². The van der Waals surface area contributed by atoms with Crippen molar-refractivity contribution < 1.29 is 43.2 Å². The van der Waals surface area contributed by atoms with Gasteiger partial charge in [0.05, 0.1) is 0 Å². The van der Waals surface area contributed by atoms with Crippen molar-refractivity contribution in [2.45, 2.75) is 0 Å². The van der Waals surface area contributed by atoms with E-state index in [0.717, 1.165) is 0 Å². The summed E-state index contributed by atoms with van der Waals surface area (Å²) in [5.74, 6) is 0.150. The summed E-state index contributed by atoms with van der Waals surface area (Å²) in [6.45, 7) is 0. The molecule has 0 aliphatic heterocycles. The van der Waals surface area contributed by atoms with E-state index < -0.39 is 15.6 Å². The van der Waals surface area contributed by atoms with Gasteiger partial charge in [-0.05, 0) is 12.1 Å².